The molecule has 96 valence electrons. The molecular weight excluding hydrogens is 240 g/mol. The summed E-state index contributed by atoms with van der Waals surface area (Å²) in [4.78, 5) is 4.06. The van der Waals surface area contributed by atoms with E-state index in [1.807, 2.05) is 6.92 Å². The fourth-order valence-corrected chi connectivity index (χ4v) is 1.88. The smallest absolute Gasteiger partial charge is 0.215 e. The maximum absolute atomic E-state index is 11.5. The number of aryl methyl sites for hydroxylation is 1. The summed E-state index contributed by atoms with van der Waals surface area (Å²) >= 11 is 0. The summed E-state index contributed by atoms with van der Waals surface area (Å²) in [6.07, 6.45) is 1.55. The summed E-state index contributed by atoms with van der Waals surface area (Å²) < 4.78 is 24.2. The number of nitrogens with zero attached hydrogens (tertiary/aromatic N) is 2. The van der Waals surface area contributed by atoms with Gasteiger partial charge in [0.1, 0.15) is 5.82 Å². The third kappa shape index (κ3) is 3.86. The molecule has 0 saturated heterocycles. The summed E-state index contributed by atoms with van der Waals surface area (Å²) in [7, 11) is -0.139. The number of hydrogen-bond donors (Lipinski definition) is 2. The fraction of sp³-hybridized carbons (Fsp3) is 0.500. The van der Waals surface area contributed by atoms with Crippen LogP contribution in [0, 0.1) is 6.92 Å². The molecule has 0 aliphatic heterocycles. The molecule has 0 bridgehead atoms. The van der Waals surface area contributed by atoms with Crippen LogP contribution in [0.3, 0.4) is 0 Å². The number of aromatic nitrogens is 1. The van der Waals surface area contributed by atoms with Crippen molar-refractivity contribution in [3.63, 3.8) is 0 Å². The Kier molecular flexibility index (Phi) is 4.30. The molecule has 1 aromatic heterocycles. The second-order valence-electron chi connectivity index (χ2n) is 3.95. The second kappa shape index (κ2) is 5.33. The zero-order chi connectivity index (χ0) is 13.1. The van der Waals surface area contributed by atoms with Gasteiger partial charge in [-0.25, -0.2) is 17.7 Å². The Morgan fingerprint density at radius 2 is 2.12 bits per heavy atom. The first kappa shape index (κ1) is 13.7. The summed E-state index contributed by atoms with van der Waals surface area (Å²) in [5.74, 6) is 0.663. The largest absolute Gasteiger partial charge is 0.397 e. The van der Waals surface area contributed by atoms with Crippen LogP contribution >= 0.6 is 0 Å². The van der Waals surface area contributed by atoms with Crippen molar-refractivity contribution in [2.75, 3.05) is 37.4 Å². The van der Waals surface area contributed by atoms with Crippen molar-refractivity contribution in [1.29, 1.82) is 0 Å². The number of hydrogen-bond acceptors (Lipinski definition) is 5. The van der Waals surface area contributed by atoms with Gasteiger partial charge in [-0.3, -0.25) is 0 Å². The van der Waals surface area contributed by atoms with Crippen molar-refractivity contribution in [2.24, 2.45) is 0 Å². The minimum atomic E-state index is -3.17. The molecule has 17 heavy (non-hydrogen) atoms. The van der Waals surface area contributed by atoms with Crippen LogP contribution in [0.4, 0.5) is 11.5 Å². The number of sulfonamides is 1. The first-order valence-electron chi connectivity index (χ1n) is 5.19. The van der Waals surface area contributed by atoms with Crippen LogP contribution in [0.1, 0.15) is 5.56 Å². The molecule has 1 rings (SSSR count). The molecule has 0 aliphatic rings. The highest BCUT2D eigenvalue weighted by atomic mass is 32.2. The molecule has 1 heterocycles. The maximum Gasteiger partial charge on any atom is 0.215 e. The summed E-state index contributed by atoms with van der Waals surface area (Å²) in [6.45, 7) is 2.19. The average molecular weight is 258 g/mol. The first-order valence-corrected chi connectivity index (χ1v) is 6.80. The van der Waals surface area contributed by atoms with Gasteiger partial charge in [-0.05, 0) is 18.6 Å². The van der Waals surface area contributed by atoms with Crippen LogP contribution in [0.15, 0.2) is 12.3 Å². The highest BCUT2D eigenvalue weighted by Crippen LogP contribution is 2.12. The number of anilines is 2. The van der Waals surface area contributed by atoms with E-state index >= 15 is 0 Å². The Morgan fingerprint density at radius 1 is 1.47 bits per heavy atom. The van der Waals surface area contributed by atoms with Gasteiger partial charge >= 0.3 is 0 Å². The van der Waals surface area contributed by atoms with Crippen LogP contribution in [0.2, 0.25) is 0 Å². The van der Waals surface area contributed by atoms with E-state index in [-0.39, 0.29) is 5.75 Å². The second-order valence-corrected chi connectivity index (χ2v) is 6.25. The van der Waals surface area contributed by atoms with Gasteiger partial charge in [0.2, 0.25) is 10.0 Å². The van der Waals surface area contributed by atoms with Crippen LogP contribution in [0.25, 0.3) is 0 Å². The van der Waals surface area contributed by atoms with Gasteiger partial charge in [0.15, 0.2) is 0 Å². The molecule has 0 unspecified atom stereocenters. The Labute approximate surface area is 102 Å². The lowest BCUT2D eigenvalue weighted by atomic mass is 10.2. The standard InChI is InChI=1S/C10H18N4O2S/c1-8-6-10(13-7-9(8)11)12-4-5-17(15,16)14(2)3/h6-7H,4-5,11H2,1-3H3,(H,12,13). The highest BCUT2D eigenvalue weighted by Gasteiger charge is 2.12. The Morgan fingerprint density at radius 3 is 2.65 bits per heavy atom. The van der Waals surface area contributed by atoms with E-state index in [0.29, 0.717) is 18.1 Å². The van der Waals surface area contributed by atoms with Crippen molar-refractivity contribution in [3.05, 3.63) is 17.8 Å². The monoisotopic (exact) mass is 258 g/mol. The normalized spacial score (nSPS) is 11.8. The number of rotatable bonds is 5. The van der Waals surface area contributed by atoms with Crippen LogP contribution in [0.5, 0.6) is 0 Å². The SMILES string of the molecule is Cc1cc(NCCS(=O)(=O)N(C)C)ncc1N. The topological polar surface area (TPSA) is 88.3 Å². The number of nitrogens with two attached hydrogens (primary N) is 1. The minimum Gasteiger partial charge on any atom is -0.397 e. The molecule has 0 saturated carbocycles. The van der Waals surface area contributed by atoms with Crippen molar-refractivity contribution in [2.45, 2.75) is 6.92 Å². The number of nitrogen functional groups attached to an aromatic ring is 1. The molecule has 7 heteroatoms. The molecule has 0 amide bonds. The molecule has 0 radical (unpaired) electrons. The van der Waals surface area contributed by atoms with E-state index in [4.69, 9.17) is 5.73 Å². The highest BCUT2D eigenvalue weighted by molar-refractivity contribution is 7.89. The Bertz CT molecular complexity index is 485. The molecule has 0 fully saturated rings. The van der Waals surface area contributed by atoms with E-state index in [2.05, 4.69) is 10.3 Å². The number of pyridine rings is 1. The summed E-state index contributed by atoms with van der Waals surface area (Å²) in [5.41, 5.74) is 7.17. The Hall–Kier alpha value is -1.34. The van der Waals surface area contributed by atoms with Gasteiger partial charge in [0.25, 0.3) is 0 Å². The minimum absolute atomic E-state index is 0.0328. The Balaban J connectivity index is 2.55. The maximum atomic E-state index is 11.5. The van der Waals surface area contributed by atoms with Gasteiger partial charge in [-0.1, -0.05) is 0 Å². The summed E-state index contributed by atoms with van der Waals surface area (Å²) in [5, 5.41) is 2.95. The molecule has 6 nitrogen and oxygen atoms in total. The molecule has 0 atom stereocenters. The molecular formula is C10H18N4O2S. The lowest BCUT2D eigenvalue weighted by Crippen LogP contribution is -2.28. The van der Waals surface area contributed by atoms with E-state index in [0.717, 1.165) is 5.56 Å². The third-order valence-electron chi connectivity index (χ3n) is 2.37. The third-order valence-corrected chi connectivity index (χ3v) is 4.21. The van der Waals surface area contributed by atoms with Gasteiger partial charge in [-0.15, -0.1) is 0 Å². The molecule has 3 N–H and O–H groups in total. The van der Waals surface area contributed by atoms with Crippen molar-refractivity contribution >= 4 is 21.5 Å². The molecule has 0 aromatic carbocycles. The number of nitrogens with one attached hydrogen (secondary N) is 1. The predicted octanol–water partition coefficient (Wildman–Crippen LogP) is 0.276. The van der Waals surface area contributed by atoms with Crippen molar-refractivity contribution in [3.8, 4) is 0 Å². The predicted molar refractivity (Wildman–Crippen MR) is 69.3 cm³/mol. The fourth-order valence-electron chi connectivity index (χ4n) is 1.15. The van der Waals surface area contributed by atoms with E-state index in [1.165, 1.54) is 18.4 Å². The van der Waals surface area contributed by atoms with Crippen molar-refractivity contribution in [1.82, 2.24) is 9.29 Å². The van der Waals surface area contributed by atoms with Crippen LogP contribution < -0.4 is 11.1 Å². The van der Waals surface area contributed by atoms with E-state index in [1.54, 1.807) is 12.3 Å². The van der Waals surface area contributed by atoms with E-state index < -0.39 is 10.0 Å². The average Bonchev–Trinajstić information content (AvgIpc) is 2.23. The summed E-state index contributed by atoms with van der Waals surface area (Å²) in [6, 6.07) is 1.79. The quantitative estimate of drug-likeness (QED) is 0.791. The van der Waals surface area contributed by atoms with Gasteiger partial charge < -0.3 is 11.1 Å². The lowest BCUT2D eigenvalue weighted by Gasteiger charge is -2.12. The zero-order valence-corrected chi connectivity index (χ0v) is 11.1. The van der Waals surface area contributed by atoms with Crippen LogP contribution in [-0.2, 0) is 10.0 Å². The zero-order valence-electron chi connectivity index (χ0n) is 10.3. The lowest BCUT2D eigenvalue weighted by molar-refractivity contribution is 0.521. The van der Waals surface area contributed by atoms with Gasteiger partial charge in [-0.2, -0.15) is 0 Å². The molecule has 0 aliphatic carbocycles. The van der Waals surface area contributed by atoms with Crippen LogP contribution in [-0.4, -0.2) is 44.1 Å². The van der Waals surface area contributed by atoms with Gasteiger partial charge in [0, 0.05) is 20.6 Å². The molecule has 0 spiro atoms. The van der Waals surface area contributed by atoms with Crippen molar-refractivity contribution < 1.29 is 8.42 Å². The van der Waals surface area contributed by atoms with E-state index in [9.17, 15) is 8.42 Å². The van der Waals surface area contributed by atoms with Gasteiger partial charge in [0.05, 0.1) is 17.6 Å². The first-order chi connectivity index (χ1) is 7.83. The molecule has 1 aromatic rings.